The summed E-state index contributed by atoms with van der Waals surface area (Å²) in [5, 5.41) is 3.22. The Hall–Kier alpha value is -1.14. The highest BCUT2D eigenvalue weighted by atomic mass is 32.2. The van der Waals surface area contributed by atoms with E-state index in [2.05, 4.69) is 25.2 Å². The molecule has 0 bridgehead atoms. The number of hydrogen-bond donors (Lipinski definition) is 1. The quantitative estimate of drug-likeness (QED) is 0.738. The third-order valence-electron chi connectivity index (χ3n) is 2.71. The van der Waals surface area contributed by atoms with E-state index in [9.17, 15) is 13.2 Å². The van der Waals surface area contributed by atoms with E-state index in [1.165, 1.54) is 27.5 Å². The van der Waals surface area contributed by atoms with E-state index in [1.807, 2.05) is 0 Å². The van der Waals surface area contributed by atoms with Crippen LogP contribution in [0.3, 0.4) is 0 Å². The molecule has 1 heterocycles. The molecule has 0 atom stereocenters. The molecule has 108 valence electrons. The van der Waals surface area contributed by atoms with E-state index in [0.29, 0.717) is 6.54 Å². The van der Waals surface area contributed by atoms with Crippen molar-refractivity contribution in [3.8, 4) is 0 Å². The van der Waals surface area contributed by atoms with Crippen LogP contribution in [0.4, 0.5) is 18.9 Å². The molecule has 0 spiro atoms. The van der Waals surface area contributed by atoms with Crippen LogP contribution in [0.15, 0.2) is 35.2 Å². The lowest BCUT2D eigenvalue weighted by atomic mass is 10.2. The van der Waals surface area contributed by atoms with Gasteiger partial charge in [-0.25, -0.2) is 0 Å². The van der Waals surface area contributed by atoms with Gasteiger partial charge in [0.15, 0.2) is 0 Å². The van der Waals surface area contributed by atoms with Crippen LogP contribution in [-0.4, -0.2) is 5.51 Å². The summed E-state index contributed by atoms with van der Waals surface area (Å²) in [5.41, 5.74) is -2.19. The molecule has 0 aliphatic carbocycles. The van der Waals surface area contributed by atoms with E-state index in [4.69, 9.17) is 0 Å². The Kier molecular flexibility index (Phi) is 4.65. The minimum Gasteiger partial charge on any atom is -0.381 e. The van der Waals surface area contributed by atoms with E-state index >= 15 is 0 Å². The highest BCUT2D eigenvalue weighted by molar-refractivity contribution is 8.00. The van der Waals surface area contributed by atoms with Crippen LogP contribution in [0, 0.1) is 13.8 Å². The Labute approximate surface area is 124 Å². The van der Waals surface area contributed by atoms with E-state index in [-0.39, 0.29) is 16.7 Å². The number of rotatable bonds is 4. The molecule has 20 heavy (non-hydrogen) atoms. The van der Waals surface area contributed by atoms with E-state index in [1.54, 1.807) is 23.5 Å². The van der Waals surface area contributed by atoms with Crippen LogP contribution >= 0.6 is 23.1 Å². The molecule has 0 radical (unpaired) electrons. The first kappa shape index (κ1) is 15.3. The lowest BCUT2D eigenvalue weighted by molar-refractivity contribution is -0.0328. The van der Waals surface area contributed by atoms with E-state index in [0.717, 1.165) is 5.69 Å². The molecule has 0 saturated heterocycles. The Bertz CT molecular complexity index is 573. The first-order chi connectivity index (χ1) is 9.33. The van der Waals surface area contributed by atoms with Gasteiger partial charge in [0.1, 0.15) is 0 Å². The fraction of sp³-hybridized carbons (Fsp3) is 0.286. The molecule has 1 N–H and O–H groups in total. The minimum absolute atomic E-state index is 0.0964. The largest absolute Gasteiger partial charge is 0.446 e. The summed E-state index contributed by atoms with van der Waals surface area (Å²) in [7, 11) is 0. The van der Waals surface area contributed by atoms with Crippen molar-refractivity contribution < 1.29 is 13.2 Å². The molecule has 0 aliphatic heterocycles. The van der Waals surface area contributed by atoms with Gasteiger partial charge in [0.2, 0.25) is 0 Å². The average molecular weight is 317 g/mol. The van der Waals surface area contributed by atoms with Crippen LogP contribution in [0.25, 0.3) is 0 Å². The highest BCUT2D eigenvalue weighted by Gasteiger charge is 2.28. The molecule has 2 aromatic rings. The lowest BCUT2D eigenvalue weighted by Gasteiger charge is -2.08. The summed E-state index contributed by atoms with van der Waals surface area (Å²) in [4.78, 5) is 2.72. The van der Waals surface area contributed by atoms with Crippen molar-refractivity contribution in [2.24, 2.45) is 0 Å². The van der Waals surface area contributed by atoms with Crippen LogP contribution in [0.5, 0.6) is 0 Å². The maximum absolute atomic E-state index is 12.2. The van der Waals surface area contributed by atoms with Gasteiger partial charge in [0, 0.05) is 26.9 Å². The maximum Gasteiger partial charge on any atom is 0.446 e. The standard InChI is InChI=1S/C14H14F3NS2/c1-9-7-11(10(2)19-9)8-18-12-3-5-13(6-4-12)20-14(15,16)17/h3-7,18H,8H2,1-2H3. The van der Waals surface area contributed by atoms with Gasteiger partial charge in [-0.1, -0.05) is 0 Å². The second-order valence-electron chi connectivity index (χ2n) is 4.36. The molecular weight excluding hydrogens is 303 g/mol. The van der Waals surface area contributed by atoms with Crippen molar-refractivity contribution in [1.82, 2.24) is 0 Å². The SMILES string of the molecule is Cc1cc(CNc2ccc(SC(F)(F)F)cc2)c(C)s1. The summed E-state index contributed by atoms with van der Waals surface area (Å²) in [5.74, 6) is 0. The Morgan fingerprint density at radius 3 is 2.30 bits per heavy atom. The summed E-state index contributed by atoms with van der Waals surface area (Å²) in [6.07, 6.45) is 0. The topological polar surface area (TPSA) is 12.0 Å². The number of thioether (sulfide) groups is 1. The first-order valence-electron chi connectivity index (χ1n) is 5.99. The molecule has 6 heteroatoms. The molecule has 0 saturated carbocycles. The molecular formula is C14H14F3NS2. The van der Waals surface area contributed by atoms with Crippen molar-refractivity contribution in [1.29, 1.82) is 0 Å². The zero-order valence-electron chi connectivity index (χ0n) is 11.0. The molecule has 1 nitrogen and oxygen atoms in total. The number of nitrogens with one attached hydrogen (secondary N) is 1. The number of thiophene rings is 1. The number of hydrogen-bond acceptors (Lipinski definition) is 3. The fourth-order valence-electron chi connectivity index (χ4n) is 1.83. The molecule has 1 aromatic heterocycles. The Morgan fingerprint density at radius 1 is 1.15 bits per heavy atom. The number of benzene rings is 1. The third kappa shape index (κ3) is 4.45. The monoisotopic (exact) mass is 317 g/mol. The van der Waals surface area contributed by atoms with Gasteiger partial charge in [-0.3, -0.25) is 0 Å². The van der Waals surface area contributed by atoms with Gasteiger partial charge < -0.3 is 5.32 Å². The van der Waals surface area contributed by atoms with Crippen molar-refractivity contribution in [2.75, 3.05) is 5.32 Å². The predicted octanol–water partition coefficient (Wildman–Crippen LogP) is 5.59. The number of aryl methyl sites for hydroxylation is 2. The normalized spacial score (nSPS) is 11.7. The van der Waals surface area contributed by atoms with Crippen molar-refractivity contribution in [3.05, 3.63) is 45.6 Å². The number of alkyl halides is 3. The van der Waals surface area contributed by atoms with Crippen LogP contribution < -0.4 is 5.32 Å². The molecule has 0 unspecified atom stereocenters. The first-order valence-corrected chi connectivity index (χ1v) is 7.62. The molecule has 0 aliphatic rings. The summed E-state index contributed by atoms with van der Waals surface area (Å²) < 4.78 is 36.6. The van der Waals surface area contributed by atoms with Crippen LogP contribution in [0.1, 0.15) is 15.3 Å². The van der Waals surface area contributed by atoms with Gasteiger partial charge in [0.25, 0.3) is 0 Å². The molecule has 0 amide bonds. The summed E-state index contributed by atoms with van der Waals surface area (Å²) >= 11 is 1.65. The van der Waals surface area contributed by atoms with E-state index < -0.39 is 5.51 Å². The summed E-state index contributed by atoms with van der Waals surface area (Å²) in [6, 6.07) is 8.42. The average Bonchev–Trinajstić information content (AvgIpc) is 2.65. The Morgan fingerprint density at radius 2 is 1.80 bits per heavy atom. The van der Waals surface area contributed by atoms with Crippen molar-refractivity contribution in [2.45, 2.75) is 30.8 Å². The van der Waals surface area contributed by atoms with Crippen molar-refractivity contribution in [3.63, 3.8) is 0 Å². The minimum atomic E-state index is -4.24. The van der Waals surface area contributed by atoms with Gasteiger partial charge in [-0.15, -0.1) is 11.3 Å². The Balaban J connectivity index is 1.96. The second-order valence-corrected chi connectivity index (χ2v) is 6.96. The van der Waals surface area contributed by atoms with Gasteiger partial charge in [-0.2, -0.15) is 13.2 Å². The third-order valence-corrected chi connectivity index (χ3v) is 4.46. The highest BCUT2D eigenvalue weighted by Crippen LogP contribution is 2.37. The smallest absolute Gasteiger partial charge is 0.381 e. The van der Waals surface area contributed by atoms with Gasteiger partial charge >= 0.3 is 5.51 Å². The number of anilines is 1. The second kappa shape index (κ2) is 6.10. The summed E-state index contributed by atoms with van der Waals surface area (Å²) in [6.45, 7) is 4.81. The zero-order valence-corrected chi connectivity index (χ0v) is 12.7. The van der Waals surface area contributed by atoms with Gasteiger partial charge in [0.05, 0.1) is 0 Å². The number of halogens is 3. The fourth-order valence-corrected chi connectivity index (χ4v) is 3.32. The van der Waals surface area contributed by atoms with Crippen LogP contribution in [0.2, 0.25) is 0 Å². The molecule has 2 rings (SSSR count). The predicted molar refractivity (Wildman–Crippen MR) is 79.5 cm³/mol. The molecule has 0 fully saturated rings. The van der Waals surface area contributed by atoms with Crippen molar-refractivity contribution >= 4 is 28.8 Å². The van der Waals surface area contributed by atoms with Gasteiger partial charge in [-0.05, 0) is 61.5 Å². The lowest BCUT2D eigenvalue weighted by Crippen LogP contribution is -2.00. The van der Waals surface area contributed by atoms with Crippen LogP contribution in [-0.2, 0) is 6.54 Å². The zero-order chi connectivity index (χ0) is 14.8. The maximum atomic E-state index is 12.2. The molecule has 1 aromatic carbocycles.